The molecule has 0 saturated carbocycles. The highest BCUT2D eigenvalue weighted by atomic mass is 35.5. The first-order valence-corrected chi connectivity index (χ1v) is 8.34. The van der Waals surface area contributed by atoms with E-state index in [-0.39, 0.29) is 5.91 Å². The lowest BCUT2D eigenvalue weighted by molar-refractivity contribution is -0.127. The van der Waals surface area contributed by atoms with Crippen molar-refractivity contribution in [1.29, 1.82) is 0 Å². The van der Waals surface area contributed by atoms with Crippen molar-refractivity contribution in [1.82, 2.24) is 10.2 Å². The molecule has 110 valence electrons. The molecule has 0 aliphatic carbocycles. The van der Waals surface area contributed by atoms with Crippen LogP contribution in [0.2, 0.25) is 10.0 Å². The molecule has 1 unspecified atom stereocenters. The lowest BCUT2D eigenvalue weighted by atomic mass is 10.1. The highest BCUT2D eigenvalue weighted by Crippen LogP contribution is 2.30. The number of halogens is 2. The molecule has 6 heteroatoms. The third kappa shape index (κ3) is 4.29. The van der Waals surface area contributed by atoms with Gasteiger partial charge in [-0.05, 0) is 44.1 Å². The third-order valence-electron chi connectivity index (χ3n) is 3.38. The molecule has 1 aliphatic heterocycles. The minimum absolute atomic E-state index is 0.171. The zero-order valence-corrected chi connectivity index (χ0v) is 13.7. The molecule has 1 aromatic rings. The average Bonchev–Trinajstić information content (AvgIpc) is 2.88. The molecular formula is C14H18Cl2N2OS. The fraction of sp³-hybridized carbons (Fsp3) is 0.500. The second-order valence-electron chi connectivity index (χ2n) is 4.92. The summed E-state index contributed by atoms with van der Waals surface area (Å²) >= 11 is 13.5. The first-order valence-electron chi connectivity index (χ1n) is 6.60. The molecule has 1 saturated heterocycles. The quantitative estimate of drug-likeness (QED) is 0.840. The minimum atomic E-state index is 0.171. The normalized spacial score (nSPS) is 18.6. The van der Waals surface area contributed by atoms with Crippen molar-refractivity contribution in [3.63, 3.8) is 0 Å². The van der Waals surface area contributed by atoms with Crippen molar-refractivity contribution in [2.75, 3.05) is 32.4 Å². The molecule has 0 spiro atoms. The summed E-state index contributed by atoms with van der Waals surface area (Å²) in [4.78, 5) is 15.0. The van der Waals surface area contributed by atoms with Crippen LogP contribution >= 0.6 is 35.0 Å². The fourth-order valence-electron chi connectivity index (χ4n) is 2.33. The van der Waals surface area contributed by atoms with Gasteiger partial charge in [0.1, 0.15) is 0 Å². The van der Waals surface area contributed by atoms with Gasteiger partial charge < -0.3 is 10.2 Å². The van der Waals surface area contributed by atoms with Crippen LogP contribution < -0.4 is 5.32 Å². The Morgan fingerprint density at radius 2 is 2.30 bits per heavy atom. The Morgan fingerprint density at radius 3 is 3.05 bits per heavy atom. The second kappa shape index (κ2) is 7.55. The van der Waals surface area contributed by atoms with Crippen LogP contribution in [0.15, 0.2) is 23.1 Å². The van der Waals surface area contributed by atoms with Gasteiger partial charge >= 0.3 is 0 Å². The molecule has 1 aromatic carbocycles. The highest BCUT2D eigenvalue weighted by Gasteiger charge is 2.25. The van der Waals surface area contributed by atoms with Crippen molar-refractivity contribution >= 4 is 40.9 Å². The fourth-order valence-corrected chi connectivity index (χ4v) is 3.73. The third-order valence-corrected chi connectivity index (χ3v) is 5.09. The van der Waals surface area contributed by atoms with Crippen LogP contribution in [0.5, 0.6) is 0 Å². The number of amides is 1. The van der Waals surface area contributed by atoms with Crippen LogP contribution in [0.1, 0.15) is 6.42 Å². The van der Waals surface area contributed by atoms with E-state index >= 15 is 0 Å². The van der Waals surface area contributed by atoms with E-state index in [4.69, 9.17) is 23.2 Å². The Labute approximate surface area is 134 Å². The summed E-state index contributed by atoms with van der Waals surface area (Å²) in [5, 5.41) is 4.44. The van der Waals surface area contributed by atoms with Gasteiger partial charge in [-0.2, -0.15) is 0 Å². The summed E-state index contributed by atoms with van der Waals surface area (Å²) in [6.45, 7) is 2.68. The summed E-state index contributed by atoms with van der Waals surface area (Å²) in [6, 6.07) is 5.31. The number of thioether (sulfide) groups is 1. The van der Waals surface area contributed by atoms with E-state index in [1.807, 2.05) is 11.9 Å². The van der Waals surface area contributed by atoms with Crippen molar-refractivity contribution in [3.8, 4) is 0 Å². The lowest BCUT2D eigenvalue weighted by Crippen LogP contribution is -2.31. The summed E-state index contributed by atoms with van der Waals surface area (Å²) in [7, 11) is 1.95. The Kier molecular flexibility index (Phi) is 6.02. The smallest absolute Gasteiger partial charge is 0.232 e. The summed E-state index contributed by atoms with van der Waals surface area (Å²) in [6.07, 6.45) is 1.08. The van der Waals surface area contributed by atoms with E-state index in [1.54, 1.807) is 18.2 Å². The van der Waals surface area contributed by atoms with Crippen LogP contribution in [0.3, 0.4) is 0 Å². The van der Waals surface area contributed by atoms with Gasteiger partial charge in [0.15, 0.2) is 0 Å². The Hall–Kier alpha value is -0.420. The number of rotatable bonds is 5. The largest absolute Gasteiger partial charge is 0.342 e. The Morgan fingerprint density at radius 1 is 1.50 bits per heavy atom. The Bertz CT molecular complexity index is 484. The first kappa shape index (κ1) is 16.0. The molecule has 0 aromatic heterocycles. The summed E-state index contributed by atoms with van der Waals surface area (Å²) < 4.78 is 0. The van der Waals surface area contributed by atoms with Crippen molar-refractivity contribution in [3.05, 3.63) is 28.2 Å². The molecule has 1 fully saturated rings. The second-order valence-corrected chi connectivity index (χ2v) is 6.78. The van der Waals surface area contributed by atoms with Crippen molar-refractivity contribution in [2.24, 2.45) is 5.92 Å². The Balaban J connectivity index is 1.85. The molecule has 0 bridgehead atoms. The standard InChI is InChI=1S/C14H18Cl2N2OS/c1-17-7-10-4-5-18(8-10)14(19)9-20-13-6-11(15)2-3-12(13)16/h2-3,6,10,17H,4-5,7-9H2,1H3. The lowest BCUT2D eigenvalue weighted by Gasteiger charge is -2.16. The van der Waals surface area contributed by atoms with Crippen LogP contribution in [-0.4, -0.2) is 43.2 Å². The number of carbonyl (C=O) groups excluding carboxylic acids is 1. The predicted octanol–water partition coefficient (Wildman–Crippen LogP) is 3.15. The molecule has 3 nitrogen and oxygen atoms in total. The molecule has 1 N–H and O–H groups in total. The predicted molar refractivity (Wildman–Crippen MR) is 85.8 cm³/mol. The number of nitrogens with one attached hydrogen (secondary N) is 1. The number of likely N-dealkylation sites (tertiary alicyclic amines) is 1. The number of hydrogen-bond acceptors (Lipinski definition) is 3. The zero-order chi connectivity index (χ0) is 14.5. The first-order chi connectivity index (χ1) is 9.60. The maximum atomic E-state index is 12.2. The van der Waals surface area contributed by atoms with Gasteiger partial charge in [-0.1, -0.05) is 23.2 Å². The van der Waals surface area contributed by atoms with Crippen molar-refractivity contribution < 1.29 is 4.79 Å². The monoisotopic (exact) mass is 332 g/mol. The highest BCUT2D eigenvalue weighted by molar-refractivity contribution is 8.00. The van der Waals surface area contributed by atoms with E-state index in [0.29, 0.717) is 21.7 Å². The van der Waals surface area contributed by atoms with Crippen LogP contribution in [0.25, 0.3) is 0 Å². The van der Waals surface area contributed by atoms with Gasteiger partial charge in [-0.3, -0.25) is 4.79 Å². The zero-order valence-electron chi connectivity index (χ0n) is 11.4. The number of nitrogens with zero attached hydrogens (tertiary/aromatic N) is 1. The molecule has 0 radical (unpaired) electrons. The van der Waals surface area contributed by atoms with Gasteiger partial charge in [0, 0.05) is 23.0 Å². The van der Waals surface area contributed by atoms with Crippen molar-refractivity contribution in [2.45, 2.75) is 11.3 Å². The number of benzene rings is 1. The van der Waals surface area contributed by atoms with Gasteiger partial charge in [0.25, 0.3) is 0 Å². The van der Waals surface area contributed by atoms with Gasteiger partial charge in [-0.15, -0.1) is 11.8 Å². The van der Waals surface area contributed by atoms with E-state index in [9.17, 15) is 4.79 Å². The topological polar surface area (TPSA) is 32.3 Å². The molecule has 1 aliphatic rings. The van der Waals surface area contributed by atoms with Gasteiger partial charge in [0.2, 0.25) is 5.91 Å². The minimum Gasteiger partial charge on any atom is -0.342 e. The number of hydrogen-bond donors (Lipinski definition) is 1. The SMILES string of the molecule is CNCC1CCN(C(=O)CSc2cc(Cl)ccc2Cl)C1. The van der Waals surface area contributed by atoms with Gasteiger partial charge in [0.05, 0.1) is 10.8 Å². The average molecular weight is 333 g/mol. The maximum absolute atomic E-state index is 12.2. The summed E-state index contributed by atoms with van der Waals surface area (Å²) in [5.41, 5.74) is 0. The van der Waals surface area contributed by atoms with Crippen LogP contribution in [-0.2, 0) is 4.79 Å². The van der Waals surface area contributed by atoms with Gasteiger partial charge in [-0.25, -0.2) is 0 Å². The number of carbonyl (C=O) groups is 1. The summed E-state index contributed by atoms with van der Waals surface area (Å²) in [5.74, 6) is 1.15. The van der Waals surface area contributed by atoms with E-state index in [0.717, 1.165) is 31.0 Å². The van der Waals surface area contributed by atoms with Crippen LogP contribution in [0.4, 0.5) is 0 Å². The molecule has 20 heavy (non-hydrogen) atoms. The van der Waals surface area contributed by atoms with E-state index in [1.165, 1.54) is 11.8 Å². The molecule has 1 amide bonds. The molecule has 1 heterocycles. The van der Waals surface area contributed by atoms with E-state index < -0.39 is 0 Å². The molecule has 1 atom stereocenters. The van der Waals surface area contributed by atoms with Crippen LogP contribution in [0, 0.1) is 5.92 Å². The molecule has 2 rings (SSSR count). The van der Waals surface area contributed by atoms with E-state index in [2.05, 4.69) is 5.32 Å². The maximum Gasteiger partial charge on any atom is 0.232 e. The molecular weight excluding hydrogens is 315 g/mol.